The summed E-state index contributed by atoms with van der Waals surface area (Å²) in [6, 6.07) is -0.839. The van der Waals surface area contributed by atoms with E-state index >= 15 is 0 Å². The van der Waals surface area contributed by atoms with Crippen LogP contribution in [0.4, 0.5) is 4.79 Å². The van der Waals surface area contributed by atoms with E-state index in [1.165, 1.54) is 4.90 Å². The molecule has 1 heterocycles. The lowest BCUT2D eigenvalue weighted by Gasteiger charge is -2.33. The molecule has 0 radical (unpaired) electrons. The van der Waals surface area contributed by atoms with Gasteiger partial charge in [0.2, 0.25) is 5.91 Å². The number of hydrogen-bond acceptors (Lipinski definition) is 5. The predicted molar refractivity (Wildman–Crippen MR) is 66.4 cm³/mol. The number of ether oxygens (including phenoxy) is 2. The Morgan fingerprint density at radius 1 is 1.42 bits per heavy atom. The molecule has 1 aliphatic rings. The average molecular weight is 272 g/mol. The Bertz CT molecular complexity index is 375. The number of carbonyl (C=O) groups excluding carboxylic acids is 3. The molecule has 1 rings (SSSR count). The SMILES string of the molecule is CCOC(=O)[C@@H]1CN(C(=O)OC(C)(C)C)CC(=O)N1. The molecule has 108 valence electrons. The zero-order valence-electron chi connectivity index (χ0n) is 11.7. The molecule has 1 atom stereocenters. The minimum Gasteiger partial charge on any atom is -0.464 e. The van der Waals surface area contributed by atoms with E-state index in [2.05, 4.69) is 5.32 Å². The number of amides is 2. The minimum atomic E-state index is -0.839. The zero-order chi connectivity index (χ0) is 14.6. The van der Waals surface area contributed by atoms with Crippen LogP contribution < -0.4 is 5.32 Å². The van der Waals surface area contributed by atoms with Crippen LogP contribution in [0.1, 0.15) is 27.7 Å². The van der Waals surface area contributed by atoms with E-state index in [1.807, 2.05) is 0 Å². The van der Waals surface area contributed by atoms with Crippen molar-refractivity contribution in [1.82, 2.24) is 10.2 Å². The maximum absolute atomic E-state index is 11.9. The molecule has 0 aromatic heterocycles. The first-order valence-electron chi connectivity index (χ1n) is 6.17. The highest BCUT2D eigenvalue weighted by Gasteiger charge is 2.34. The first-order chi connectivity index (χ1) is 8.73. The normalized spacial score (nSPS) is 19.7. The van der Waals surface area contributed by atoms with Gasteiger partial charge in [0.25, 0.3) is 0 Å². The number of carbonyl (C=O) groups is 3. The van der Waals surface area contributed by atoms with E-state index in [9.17, 15) is 14.4 Å². The minimum absolute atomic E-state index is 0.0550. The van der Waals surface area contributed by atoms with Gasteiger partial charge in [-0.15, -0.1) is 0 Å². The molecule has 19 heavy (non-hydrogen) atoms. The quantitative estimate of drug-likeness (QED) is 0.730. The van der Waals surface area contributed by atoms with Gasteiger partial charge < -0.3 is 14.8 Å². The molecule has 0 aromatic carbocycles. The zero-order valence-corrected chi connectivity index (χ0v) is 11.7. The first kappa shape index (κ1) is 15.3. The lowest BCUT2D eigenvalue weighted by molar-refractivity contribution is -0.149. The summed E-state index contributed by atoms with van der Waals surface area (Å²) in [5, 5.41) is 2.49. The molecule has 0 unspecified atom stereocenters. The summed E-state index contributed by atoms with van der Waals surface area (Å²) in [6.07, 6.45) is -0.614. The van der Waals surface area contributed by atoms with Crippen molar-refractivity contribution in [3.05, 3.63) is 0 Å². The van der Waals surface area contributed by atoms with Crippen molar-refractivity contribution in [2.45, 2.75) is 39.3 Å². The van der Waals surface area contributed by atoms with E-state index in [4.69, 9.17) is 9.47 Å². The lowest BCUT2D eigenvalue weighted by Crippen LogP contribution is -2.59. The maximum Gasteiger partial charge on any atom is 0.410 e. The van der Waals surface area contributed by atoms with Crippen molar-refractivity contribution >= 4 is 18.0 Å². The van der Waals surface area contributed by atoms with Gasteiger partial charge in [0.1, 0.15) is 18.2 Å². The molecule has 7 heteroatoms. The Hall–Kier alpha value is -1.79. The van der Waals surface area contributed by atoms with Gasteiger partial charge in [-0.1, -0.05) is 0 Å². The monoisotopic (exact) mass is 272 g/mol. The van der Waals surface area contributed by atoms with Gasteiger partial charge >= 0.3 is 12.1 Å². The largest absolute Gasteiger partial charge is 0.464 e. The van der Waals surface area contributed by atoms with Crippen LogP contribution in [0.3, 0.4) is 0 Å². The van der Waals surface area contributed by atoms with Crippen LogP contribution in [-0.4, -0.2) is 54.2 Å². The molecule has 1 saturated heterocycles. The van der Waals surface area contributed by atoms with Gasteiger partial charge in [-0.2, -0.15) is 0 Å². The van der Waals surface area contributed by atoms with E-state index < -0.39 is 29.6 Å². The summed E-state index contributed by atoms with van der Waals surface area (Å²) < 4.78 is 9.99. The van der Waals surface area contributed by atoms with Crippen molar-refractivity contribution in [3.8, 4) is 0 Å². The number of esters is 1. The number of rotatable bonds is 2. The van der Waals surface area contributed by atoms with Crippen LogP contribution in [0.5, 0.6) is 0 Å². The van der Waals surface area contributed by atoms with Crippen molar-refractivity contribution < 1.29 is 23.9 Å². The smallest absolute Gasteiger partial charge is 0.410 e. The van der Waals surface area contributed by atoms with Crippen LogP contribution in [0.2, 0.25) is 0 Å². The third kappa shape index (κ3) is 4.76. The highest BCUT2D eigenvalue weighted by atomic mass is 16.6. The van der Waals surface area contributed by atoms with Crippen molar-refractivity contribution in [3.63, 3.8) is 0 Å². The Morgan fingerprint density at radius 2 is 2.05 bits per heavy atom. The predicted octanol–water partition coefficient (Wildman–Crippen LogP) is 0.285. The van der Waals surface area contributed by atoms with E-state index in [0.29, 0.717) is 0 Å². The van der Waals surface area contributed by atoms with Crippen LogP contribution in [0.25, 0.3) is 0 Å². The standard InChI is InChI=1S/C12H20N2O5/c1-5-18-10(16)8-6-14(7-9(15)13-8)11(17)19-12(2,3)4/h8H,5-7H2,1-4H3,(H,13,15)/t8-/m0/s1. The van der Waals surface area contributed by atoms with Gasteiger partial charge in [-0.05, 0) is 27.7 Å². The lowest BCUT2D eigenvalue weighted by atomic mass is 10.2. The Kier molecular flexibility index (Phi) is 4.74. The third-order valence-electron chi connectivity index (χ3n) is 2.30. The van der Waals surface area contributed by atoms with Gasteiger partial charge in [-0.3, -0.25) is 9.69 Å². The number of hydrogen-bond donors (Lipinski definition) is 1. The molecule has 7 nitrogen and oxygen atoms in total. The molecular weight excluding hydrogens is 252 g/mol. The van der Waals surface area contributed by atoms with Gasteiger partial charge in [0.15, 0.2) is 0 Å². The second kappa shape index (κ2) is 5.90. The summed E-state index contributed by atoms with van der Waals surface area (Å²) in [5.41, 5.74) is -0.648. The number of piperazine rings is 1. The fraction of sp³-hybridized carbons (Fsp3) is 0.750. The van der Waals surface area contributed by atoms with Crippen molar-refractivity contribution in [2.75, 3.05) is 19.7 Å². The molecule has 1 fully saturated rings. The Morgan fingerprint density at radius 3 is 2.58 bits per heavy atom. The van der Waals surface area contributed by atoms with E-state index in [0.717, 1.165) is 0 Å². The fourth-order valence-electron chi connectivity index (χ4n) is 1.59. The third-order valence-corrected chi connectivity index (χ3v) is 2.30. The average Bonchev–Trinajstić information content (AvgIpc) is 2.26. The summed E-state index contributed by atoms with van der Waals surface area (Å²) >= 11 is 0. The number of nitrogens with one attached hydrogen (secondary N) is 1. The van der Waals surface area contributed by atoms with Crippen molar-refractivity contribution in [2.24, 2.45) is 0 Å². The highest BCUT2D eigenvalue weighted by Crippen LogP contribution is 2.12. The summed E-state index contributed by atoms with van der Waals surface area (Å²) in [5.74, 6) is -0.959. The van der Waals surface area contributed by atoms with Gasteiger partial charge in [0.05, 0.1) is 13.2 Å². The molecule has 0 aliphatic carbocycles. The fourth-order valence-corrected chi connectivity index (χ4v) is 1.59. The Labute approximate surface area is 112 Å². The van der Waals surface area contributed by atoms with E-state index in [-0.39, 0.29) is 19.7 Å². The number of nitrogens with zero attached hydrogens (tertiary/aromatic N) is 1. The van der Waals surface area contributed by atoms with Crippen LogP contribution in [-0.2, 0) is 19.1 Å². The van der Waals surface area contributed by atoms with Gasteiger partial charge in [0, 0.05) is 0 Å². The molecule has 0 saturated carbocycles. The van der Waals surface area contributed by atoms with Crippen molar-refractivity contribution in [1.29, 1.82) is 0 Å². The molecule has 0 spiro atoms. The van der Waals surface area contributed by atoms with Crippen LogP contribution in [0.15, 0.2) is 0 Å². The summed E-state index contributed by atoms with van der Waals surface area (Å²) in [4.78, 5) is 36.1. The molecule has 0 bridgehead atoms. The topological polar surface area (TPSA) is 84.9 Å². The van der Waals surface area contributed by atoms with Crippen LogP contribution in [0, 0.1) is 0 Å². The second-order valence-corrected chi connectivity index (χ2v) is 5.23. The molecule has 1 aliphatic heterocycles. The van der Waals surface area contributed by atoms with E-state index in [1.54, 1.807) is 27.7 Å². The molecule has 2 amide bonds. The Balaban J connectivity index is 2.67. The molecule has 0 aromatic rings. The highest BCUT2D eigenvalue weighted by molar-refractivity contribution is 5.89. The molecular formula is C12H20N2O5. The first-order valence-corrected chi connectivity index (χ1v) is 6.17. The second-order valence-electron chi connectivity index (χ2n) is 5.23. The summed E-state index contributed by atoms with van der Waals surface area (Å²) in [6.45, 7) is 7.03. The summed E-state index contributed by atoms with van der Waals surface area (Å²) in [7, 11) is 0. The maximum atomic E-state index is 11.9. The molecule has 1 N–H and O–H groups in total. The van der Waals surface area contributed by atoms with Gasteiger partial charge in [-0.25, -0.2) is 9.59 Å². The van der Waals surface area contributed by atoms with Crippen LogP contribution >= 0.6 is 0 Å².